The zero-order chi connectivity index (χ0) is 21.4. The molecule has 1 heterocycles. The van der Waals surface area contributed by atoms with Gasteiger partial charge in [-0.25, -0.2) is 8.42 Å². The molecule has 0 saturated carbocycles. The minimum Gasteiger partial charge on any atom is -0.484 e. The molecule has 1 aliphatic rings. The van der Waals surface area contributed by atoms with Gasteiger partial charge in [-0.3, -0.25) is 14.5 Å². The average molecular weight is 426 g/mol. The van der Waals surface area contributed by atoms with E-state index in [2.05, 4.69) is 5.32 Å². The van der Waals surface area contributed by atoms with Crippen molar-refractivity contribution in [1.82, 2.24) is 15.1 Å². The number of carbonyl (C=O) groups excluding carboxylic acids is 2. The Labute approximate surface area is 173 Å². The van der Waals surface area contributed by atoms with Crippen molar-refractivity contribution in [3.63, 3.8) is 0 Å². The molecular weight excluding hydrogens is 394 g/mol. The number of ether oxygens (including phenoxy) is 1. The summed E-state index contributed by atoms with van der Waals surface area (Å²) in [5.41, 5.74) is 0. The van der Waals surface area contributed by atoms with Crippen LogP contribution in [0.2, 0.25) is 0 Å². The molecule has 162 valence electrons. The largest absolute Gasteiger partial charge is 0.484 e. The summed E-state index contributed by atoms with van der Waals surface area (Å²) < 4.78 is 28.1. The van der Waals surface area contributed by atoms with Crippen LogP contribution in [0.15, 0.2) is 30.3 Å². The Hall–Kier alpha value is -2.13. The third-order valence-electron chi connectivity index (χ3n) is 4.82. The summed E-state index contributed by atoms with van der Waals surface area (Å²) in [6, 6.07) is 8.42. The number of nitrogens with zero attached hydrogens (tertiary/aromatic N) is 2. The first-order valence-corrected chi connectivity index (χ1v) is 11.9. The lowest BCUT2D eigenvalue weighted by molar-refractivity contribution is -0.139. The Morgan fingerprint density at radius 1 is 1.10 bits per heavy atom. The second kappa shape index (κ2) is 10.6. The molecule has 1 aromatic carbocycles. The van der Waals surface area contributed by atoms with Gasteiger partial charge < -0.3 is 15.0 Å². The van der Waals surface area contributed by atoms with Crippen LogP contribution in [0.1, 0.15) is 13.8 Å². The van der Waals surface area contributed by atoms with E-state index in [4.69, 9.17) is 4.74 Å². The van der Waals surface area contributed by atoms with E-state index in [9.17, 15) is 18.0 Å². The van der Waals surface area contributed by atoms with Crippen molar-refractivity contribution in [1.29, 1.82) is 0 Å². The molecule has 8 nitrogen and oxygen atoms in total. The van der Waals surface area contributed by atoms with Crippen LogP contribution in [0.3, 0.4) is 0 Å². The van der Waals surface area contributed by atoms with Crippen molar-refractivity contribution in [3.8, 4) is 5.75 Å². The third kappa shape index (κ3) is 8.02. The summed E-state index contributed by atoms with van der Waals surface area (Å²) in [4.78, 5) is 29.0. The van der Waals surface area contributed by atoms with Crippen molar-refractivity contribution in [2.45, 2.75) is 19.9 Å². The van der Waals surface area contributed by atoms with Gasteiger partial charge in [0.05, 0.1) is 5.75 Å². The highest BCUT2D eigenvalue weighted by molar-refractivity contribution is 7.90. The Balaban J connectivity index is 1.83. The highest BCUT2D eigenvalue weighted by atomic mass is 32.2. The van der Waals surface area contributed by atoms with Gasteiger partial charge in [-0.05, 0) is 18.1 Å². The van der Waals surface area contributed by atoms with E-state index in [0.29, 0.717) is 38.5 Å². The molecule has 2 rings (SSSR count). The van der Waals surface area contributed by atoms with Gasteiger partial charge in [0.2, 0.25) is 5.91 Å². The minimum atomic E-state index is -3.00. The maximum Gasteiger partial charge on any atom is 0.258 e. The molecule has 1 aromatic rings. The number of rotatable bonds is 9. The van der Waals surface area contributed by atoms with E-state index in [1.165, 1.54) is 6.26 Å². The third-order valence-corrected chi connectivity index (χ3v) is 5.75. The van der Waals surface area contributed by atoms with Crippen LogP contribution < -0.4 is 10.1 Å². The van der Waals surface area contributed by atoms with Crippen LogP contribution >= 0.6 is 0 Å². The number of nitrogens with one attached hydrogen (secondary N) is 1. The molecule has 0 bridgehead atoms. The van der Waals surface area contributed by atoms with Gasteiger partial charge in [0.15, 0.2) is 6.61 Å². The molecular formula is C20H31N3O5S. The molecule has 1 aliphatic heterocycles. The number of sulfone groups is 1. The quantitative estimate of drug-likeness (QED) is 0.615. The first-order chi connectivity index (χ1) is 13.7. The lowest BCUT2D eigenvalue weighted by atomic mass is 10.0. The summed E-state index contributed by atoms with van der Waals surface area (Å²) in [6.07, 6.45) is 1.23. The van der Waals surface area contributed by atoms with Gasteiger partial charge in [0.1, 0.15) is 21.6 Å². The van der Waals surface area contributed by atoms with E-state index in [1.54, 1.807) is 17.0 Å². The van der Waals surface area contributed by atoms with Gasteiger partial charge in [0, 0.05) is 39.0 Å². The van der Waals surface area contributed by atoms with Gasteiger partial charge >= 0.3 is 0 Å². The zero-order valence-corrected chi connectivity index (χ0v) is 18.2. The zero-order valence-electron chi connectivity index (χ0n) is 17.3. The Morgan fingerprint density at radius 2 is 1.72 bits per heavy atom. The number of amides is 2. The number of benzene rings is 1. The number of hydrogen-bond acceptors (Lipinski definition) is 6. The Kier molecular flexibility index (Phi) is 8.45. The van der Waals surface area contributed by atoms with Crippen molar-refractivity contribution < 1.29 is 22.7 Å². The topological polar surface area (TPSA) is 96.0 Å². The molecule has 1 fully saturated rings. The predicted molar refractivity (Wildman–Crippen MR) is 111 cm³/mol. The Bertz CT molecular complexity index is 775. The molecule has 0 aromatic heterocycles. The standard InChI is InChI=1S/C20H31N3O5S/c1-16(2)19(21-18(24)15-28-17-7-5-4-6-8-17)20(25)23-11-9-22(10-12-23)13-14-29(3,26)27/h4-8,16,19H,9-15H2,1-3H3,(H,21,24). The fraction of sp³-hybridized carbons (Fsp3) is 0.600. The van der Waals surface area contributed by atoms with Crippen LogP contribution in [-0.4, -0.2) is 87.4 Å². The van der Waals surface area contributed by atoms with E-state index in [0.717, 1.165) is 0 Å². The normalized spacial score (nSPS) is 16.5. The van der Waals surface area contributed by atoms with E-state index in [-0.39, 0.29) is 30.1 Å². The van der Waals surface area contributed by atoms with Crippen molar-refractivity contribution in [2.24, 2.45) is 5.92 Å². The van der Waals surface area contributed by atoms with Crippen LogP contribution in [0.5, 0.6) is 5.75 Å². The number of hydrogen-bond donors (Lipinski definition) is 1. The van der Waals surface area contributed by atoms with Gasteiger partial charge in [-0.2, -0.15) is 0 Å². The highest BCUT2D eigenvalue weighted by Crippen LogP contribution is 2.11. The van der Waals surface area contributed by atoms with Gasteiger partial charge in [-0.15, -0.1) is 0 Å². The molecule has 0 radical (unpaired) electrons. The fourth-order valence-corrected chi connectivity index (χ4v) is 3.67. The number of carbonyl (C=O) groups is 2. The summed E-state index contributed by atoms with van der Waals surface area (Å²) in [7, 11) is -3.00. The van der Waals surface area contributed by atoms with E-state index >= 15 is 0 Å². The molecule has 2 amide bonds. The molecule has 1 atom stereocenters. The maximum atomic E-state index is 12.9. The summed E-state index contributed by atoms with van der Waals surface area (Å²) >= 11 is 0. The molecule has 29 heavy (non-hydrogen) atoms. The maximum absolute atomic E-state index is 12.9. The minimum absolute atomic E-state index is 0.0635. The van der Waals surface area contributed by atoms with Gasteiger partial charge in [0.25, 0.3) is 5.91 Å². The molecule has 9 heteroatoms. The molecule has 1 unspecified atom stereocenters. The molecule has 0 aliphatic carbocycles. The SMILES string of the molecule is CC(C)C(NC(=O)COc1ccccc1)C(=O)N1CCN(CCS(C)(=O)=O)CC1. The van der Waals surface area contributed by atoms with E-state index < -0.39 is 15.9 Å². The second-order valence-corrected chi connectivity index (χ2v) is 9.95. The number of piperazine rings is 1. The van der Waals surface area contributed by atoms with Crippen molar-refractivity contribution in [3.05, 3.63) is 30.3 Å². The van der Waals surface area contributed by atoms with Gasteiger partial charge in [-0.1, -0.05) is 32.0 Å². The first-order valence-electron chi connectivity index (χ1n) is 9.82. The van der Waals surface area contributed by atoms with Crippen molar-refractivity contribution in [2.75, 3.05) is 51.3 Å². The van der Waals surface area contributed by atoms with Crippen molar-refractivity contribution >= 4 is 21.7 Å². The predicted octanol–water partition coefficient (Wildman–Crippen LogP) is 0.395. The summed E-state index contributed by atoms with van der Waals surface area (Å²) in [6.45, 7) is 6.38. The van der Waals surface area contributed by atoms with Crippen LogP contribution in [0, 0.1) is 5.92 Å². The molecule has 1 saturated heterocycles. The summed E-state index contributed by atoms with van der Waals surface area (Å²) in [5.74, 6) is 0.197. The second-order valence-electron chi connectivity index (χ2n) is 7.69. The Morgan fingerprint density at radius 3 is 2.28 bits per heavy atom. The monoisotopic (exact) mass is 425 g/mol. The first kappa shape index (κ1) is 23.2. The molecule has 0 spiro atoms. The fourth-order valence-electron chi connectivity index (χ4n) is 3.08. The smallest absolute Gasteiger partial charge is 0.258 e. The number of para-hydroxylation sites is 1. The van der Waals surface area contributed by atoms with Crippen LogP contribution in [0.4, 0.5) is 0 Å². The lowest BCUT2D eigenvalue weighted by Gasteiger charge is -2.37. The summed E-state index contributed by atoms with van der Waals surface area (Å²) in [5, 5.41) is 2.79. The average Bonchev–Trinajstić information content (AvgIpc) is 2.69. The highest BCUT2D eigenvalue weighted by Gasteiger charge is 2.30. The molecule has 1 N–H and O–H groups in total. The van der Waals surface area contributed by atoms with Crippen LogP contribution in [0.25, 0.3) is 0 Å². The lowest BCUT2D eigenvalue weighted by Crippen LogP contribution is -2.57. The van der Waals surface area contributed by atoms with E-state index in [1.807, 2.05) is 36.9 Å². The van der Waals surface area contributed by atoms with Crippen LogP contribution in [-0.2, 0) is 19.4 Å².